The Bertz CT molecular complexity index is 677. The van der Waals surface area contributed by atoms with Gasteiger partial charge in [-0.3, -0.25) is 4.90 Å². The molecule has 4 nitrogen and oxygen atoms in total. The summed E-state index contributed by atoms with van der Waals surface area (Å²) in [5.74, 6) is 2.80. The van der Waals surface area contributed by atoms with Gasteiger partial charge in [0.1, 0.15) is 5.82 Å². The summed E-state index contributed by atoms with van der Waals surface area (Å²) in [6, 6.07) is 6.73. The van der Waals surface area contributed by atoms with E-state index >= 15 is 0 Å². The van der Waals surface area contributed by atoms with Crippen LogP contribution in [-0.2, 0) is 4.74 Å². The highest BCUT2D eigenvalue weighted by Gasteiger charge is 2.50. The van der Waals surface area contributed by atoms with Crippen molar-refractivity contribution in [2.45, 2.75) is 51.0 Å². The Morgan fingerprint density at radius 1 is 0.938 bits per heavy atom. The van der Waals surface area contributed by atoms with Crippen molar-refractivity contribution >= 4 is 30.5 Å². The lowest BCUT2D eigenvalue weighted by Crippen LogP contribution is -2.49. The van der Waals surface area contributed by atoms with E-state index in [-0.39, 0.29) is 30.6 Å². The summed E-state index contributed by atoms with van der Waals surface area (Å²) in [6.07, 6.45) is 9.56. The first-order valence-electron chi connectivity index (χ1n) is 12.1. The molecule has 7 heteroatoms. The first-order valence-corrected chi connectivity index (χ1v) is 12.1. The van der Waals surface area contributed by atoms with E-state index in [1.54, 1.807) is 0 Å². The van der Waals surface area contributed by atoms with Crippen LogP contribution < -0.4 is 4.90 Å². The number of aliphatic hydroxyl groups excluding tert-OH is 1. The topological polar surface area (TPSA) is 35.9 Å². The fraction of sp³-hybridized carbons (Fsp3) is 0.760. The molecule has 182 valence electrons. The fourth-order valence-corrected chi connectivity index (χ4v) is 7.30. The Hall–Kier alpha value is -0.590. The van der Waals surface area contributed by atoms with Crippen molar-refractivity contribution in [3.8, 4) is 0 Å². The van der Waals surface area contributed by atoms with Crippen molar-refractivity contribution in [1.29, 1.82) is 0 Å². The zero-order valence-corrected chi connectivity index (χ0v) is 20.6. The van der Waals surface area contributed by atoms with E-state index in [1.165, 1.54) is 57.1 Å². The van der Waals surface area contributed by atoms with E-state index in [0.717, 1.165) is 56.2 Å². The summed E-state index contributed by atoms with van der Waals surface area (Å²) in [4.78, 5) is 4.59. The zero-order chi connectivity index (χ0) is 20.6. The van der Waals surface area contributed by atoms with E-state index in [2.05, 4.69) is 9.80 Å². The third-order valence-electron chi connectivity index (χ3n) is 8.29. The first-order chi connectivity index (χ1) is 14.6. The summed E-state index contributed by atoms with van der Waals surface area (Å²) in [6.45, 7) is 5.58. The molecule has 4 aliphatic carbocycles. The summed E-state index contributed by atoms with van der Waals surface area (Å²) in [5.41, 5.74) is 1.64. The highest BCUT2D eigenvalue weighted by molar-refractivity contribution is 5.85. The highest BCUT2D eigenvalue weighted by atomic mass is 35.5. The number of benzene rings is 1. The van der Waals surface area contributed by atoms with Crippen molar-refractivity contribution in [2.24, 2.45) is 23.2 Å². The van der Waals surface area contributed by atoms with Gasteiger partial charge in [-0.2, -0.15) is 0 Å². The molecule has 1 aromatic carbocycles. The van der Waals surface area contributed by atoms with Gasteiger partial charge >= 0.3 is 0 Å². The molecule has 4 saturated carbocycles. The van der Waals surface area contributed by atoms with E-state index in [0.29, 0.717) is 18.6 Å². The Labute approximate surface area is 204 Å². The van der Waals surface area contributed by atoms with Crippen LogP contribution in [0.1, 0.15) is 44.9 Å². The predicted octanol–water partition coefficient (Wildman–Crippen LogP) is 4.78. The summed E-state index contributed by atoms with van der Waals surface area (Å²) >= 11 is 0. The normalized spacial score (nSPS) is 32.3. The smallest absolute Gasteiger partial charge is 0.123 e. The van der Waals surface area contributed by atoms with Gasteiger partial charge in [-0.15, -0.1) is 24.8 Å². The molecule has 0 amide bonds. The molecule has 1 heterocycles. The average Bonchev–Trinajstić information content (AvgIpc) is 2.72. The van der Waals surface area contributed by atoms with E-state index in [4.69, 9.17) is 4.74 Å². The van der Waals surface area contributed by atoms with Crippen LogP contribution in [-0.4, -0.2) is 62.0 Å². The lowest BCUT2D eigenvalue weighted by molar-refractivity contribution is -0.0741. The van der Waals surface area contributed by atoms with E-state index in [9.17, 15) is 9.50 Å². The van der Waals surface area contributed by atoms with Crippen LogP contribution in [0.5, 0.6) is 0 Å². The van der Waals surface area contributed by atoms with Gasteiger partial charge in [-0.1, -0.05) is 0 Å². The van der Waals surface area contributed by atoms with Crippen LogP contribution in [0.15, 0.2) is 24.3 Å². The van der Waals surface area contributed by atoms with Gasteiger partial charge in [0.2, 0.25) is 0 Å². The minimum absolute atomic E-state index is 0. The largest absolute Gasteiger partial charge is 0.389 e. The Kier molecular flexibility index (Phi) is 9.13. The predicted molar refractivity (Wildman–Crippen MR) is 132 cm³/mol. The third-order valence-corrected chi connectivity index (χ3v) is 8.29. The molecule has 0 spiro atoms. The minimum atomic E-state index is -0.418. The van der Waals surface area contributed by atoms with Gasteiger partial charge in [0.05, 0.1) is 12.7 Å². The summed E-state index contributed by atoms with van der Waals surface area (Å²) in [7, 11) is 0. The van der Waals surface area contributed by atoms with Crippen LogP contribution in [0.3, 0.4) is 0 Å². The van der Waals surface area contributed by atoms with Crippen molar-refractivity contribution in [1.82, 2.24) is 4.90 Å². The van der Waals surface area contributed by atoms with Crippen LogP contribution >= 0.6 is 24.8 Å². The molecule has 1 N–H and O–H groups in total. The van der Waals surface area contributed by atoms with Crippen molar-refractivity contribution in [2.75, 3.05) is 50.8 Å². The molecule has 1 aliphatic heterocycles. The molecule has 4 bridgehead atoms. The maximum atomic E-state index is 13.1. The number of rotatable bonds is 8. The number of β-amino-alcohol motifs (C(OH)–C–C–N with tert-alkyl or cyclic N) is 1. The summed E-state index contributed by atoms with van der Waals surface area (Å²) < 4.78 is 19.1. The molecular formula is C25H39Cl2FN2O2. The van der Waals surface area contributed by atoms with Gasteiger partial charge in [0.15, 0.2) is 0 Å². The molecule has 0 radical (unpaired) electrons. The molecule has 1 saturated heterocycles. The maximum Gasteiger partial charge on any atom is 0.123 e. The maximum absolute atomic E-state index is 13.1. The Morgan fingerprint density at radius 3 is 2.06 bits per heavy atom. The second-order valence-electron chi connectivity index (χ2n) is 10.7. The van der Waals surface area contributed by atoms with E-state index in [1.807, 2.05) is 12.1 Å². The van der Waals surface area contributed by atoms with Gasteiger partial charge in [-0.05, 0) is 92.4 Å². The number of nitrogens with zero attached hydrogens (tertiary/aromatic N) is 2. The molecule has 32 heavy (non-hydrogen) atoms. The molecule has 6 rings (SSSR count). The quantitative estimate of drug-likeness (QED) is 0.534. The third kappa shape index (κ3) is 6.09. The molecular weight excluding hydrogens is 450 g/mol. The van der Waals surface area contributed by atoms with Crippen molar-refractivity contribution < 1.29 is 14.2 Å². The molecule has 1 aromatic rings. The highest BCUT2D eigenvalue weighted by Crippen LogP contribution is 2.61. The second kappa shape index (κ2) is 11.2. The van der Waals surface area contributed by atoms with Gasteiger partial charge in [-0.25, -0.2) is 4.39 Å². The fourth-order valence-electron chi connectivity index (χ4n) is 7.30. The van der Waals surface area contributed by atoms with Crippen LogP contribution in [0.2, 0.25) is 0 Å². The first kappa shape index (κ1) is 26.0. The second-order valence-corrected chi connectivity index (χ2v) is 10.7. The van der Waals surface area contributed by atoms with Crippen LogP contribution in [0.4, 0.5) is 10.1 Å². The number of ether oxygens (including phenoxy) is 1. The minimum Gasteiger partial charge on any atom is -0.389 e. The van der Waals surface area contributed by atoms with Crippen LogP contribution in [0, 0.1) is 29.0 Å². The van der Waals surface area contributed by atoms with Crippen molar-refractivity contribution in [3.05, 3.63) is 30.1 Å². The number of anilines is 1. The Morgan fingerprint density at radius 2 is 1.50 bits per heavy atom. The van der Waals surface area contributed by atoms with Gasteiger partial charge < -0.3 is 14.7 Å². The standard InChI is InChI=1S/C25H37FN2O2.2ClH/c26-22-1-3-23(4-2-22)28-8-6-27(7-9-28)17-24(29)18-30-10-5-25-14-19-11-20(15-25)13-21(12-19)16-25;;/h1-4,19-21,24,29H,5-18H2;2*1H. The molecule has 0 aromatic heterocycles. The number of hydrogen-bond donors (Lipinski definition) is 1. The summed E-state index contributed by atoms with van der Waals surface area (Å²) in [5, 5.41) is 10.5. The average molecular weight is 490 g/mol. The lowest BCUT2D eigenvalue weighted by Gasteiger charge is -2.57. The number of aliphatic hydroxyl groups is 1. The molecule has 5 aliphatic rings. The number of hydrogen-bond acceptors (Lipinski definition) is 4. The molecule has 5 fully saturated rings. The molecule has 1 atom stereocenters. The Balaban J connectivity index is 0.00000144. The number of halogens is 3. The van der Waals surface area contributed by atoms with E-state index < -0.39 is 6.10 Å². The molecule has 1 unspecified atom stereocenters. The van der Waals surface area contributed by atoms with Crippen LogP contribution in [0.25, 0.3) is 0 Å². The monoisotopic (exact) mass is 488 g/mol. The van der Waals surface area contributed by atoms with Gasteiger partial charge in [0.25, 0.3) is 0 Å². The van der Waals surface area contributed by atoms with Gasteiger partial charge in [0, 0.05) is 45.0 Å². The lowest BCUT2D eigenvalue weighted by atomic mass is 9.49. The van der Waals surface area contributed by atoms with Crippen molar-refractivity contribution in [3.63, 3.8) is 0 Å². The number of piperazine rings is 1. The zero-order valence-electron chi connectivity index (χ0n) is 19.0. The SMILES string of the molecule is Cl.Cl.OC(COCCC12CC3CC(CC(C3)C1)C2)CN1CCN(c2ccc(F)cc2)CC1.